The molecule has 1 saturated carbocycles. The number of likely N-dealkylation sites (tertiary alicyclic amines) is 2. The highest BCUT2D eigenvalue weighted by atomic mass is 16.2. The van der Waals surface area contributed by atoms with Crippen LogP contribution in [-0.2, 0) is 4.79 Å². The fourth-order valence-corrected chi connectivity index (χ4v) is 4.19. The highest BCUT2D eigenvalue weighted by Crippen LogP contribution is 2.36. The van der Waals surface area contributed by atoms with Gasteiger partial charge in [-0.2, -0.15) is 5.26 Å². The molecule has 3 fully saturated rings. The van der Waals surface area contributed by atoms with Crippen molar-refractivity contribution in [3.8, 4) is 6.07 Å². The van der Waals surface area contributed by atoms with Gasteiger partial charge in [0.25, 0.3) is 0 Å². The van der Waals surface area contributed by atoms with Crippen molar-refractivity contribution in [2.75, 3.05) is 26.2 Å². The van der Waals surface area contributed by atoms with E-state index in [2.05, 4.69) is 16.4 Å². The van der Waals surface area contributed by atoms with Gasteiger partial charge in [0.15, 0.2) is 0 Å². The lowest BCUT2D eigenvalue weighted by Gasteiger charge is -2.20. The molecule has 0 unspecified atom stereocenters. The second kappa shape index (κ2) is 7.42. The van der Waals surface area contributed by atoms with Gasteiger partial charge in [-0.15, -0.1) is 0 Å². The minimum absolute atomic E-state index is 0.0228. The fraction of sp³-hybridized carbons (Fsp3) is 0.778. The Bertz CT molecular complexity index is 593. The van der Waals surface area contributed by atoms with Gasteiger partial charge in [-0.05, 0) is 51.4 Å². The number of rotatable bonds is 3. The number of aliphatic imine (C=N–C) groups is 1. The third-order valence-corrected chi connectivity index (χ3v) is 5.43. The standard InChI is InChI=1S/C18H27N5O2/c1-12(2)21-18(25)22-10-13-6-15(7-14(13)11-22)20-9-17(24)23-5-3-4-16(23)8-19/h12-14,16H,3-7,9-11H2,1-2H3,(H,21,25)/t13-,14+,16-/m0/s1. The van der Waals surface area contributed by atoms with Crippen molar-refractivity contribution in [2.45, 2.75) is 51.6 Å². The van der Waals surface area contributed by atoms with Gasteiger partial charge in [0, 0.05) is 31.4 Å². The van der Waals surface area contributed by atoms with Crippen LogP contribution in [0.3, 0.4) is 0 Å². The Labute approximate surface area is 149 Å². The summed E-state index contributed by atoms with van der Waals surface area (Å²) in [4.78, 5) is 32.5. The molecule has 1 aliphatic carbocycles. The molecule has 3 amide bonds. The Hall–Kier alpha value is -2.10. The molecule has 2 aliphatic heterocycles. The molecule has 0 radical (unpaired) electrons. The Kier molecular flexibility index (Phi) is 5.26. The fourth-order valence-electron chi connectivity index (χ4n) is 4.19. The minimum Gasteiger partial charge on any atom is -0.336 e. The lowest BCUT2D eigenvalue weighted by atomic mass is 10.0. The van der Waals surface area contributed by atoms with Crippen LogP contribution < -0.4 is 5.32 Å². The molecule has 0 aromatic rings. The third-order valence-electron chi connectivity index (χ3n) is 5.43. The molecule has 3 atom stereocenters. The van der Waals surface area contributed by atoms with Gasteiger partial charge in [0.05, 0.1) is 6.07 Å². The third kappa shape index (κ3) is 3.94. The van der Waals surface area contributed by atoms with E-state index in [1.54, 1.807) is 4.90 Å². The van der Waals surface area contributed by atoms with E-state index >= 15 is 0 Å². The first kappa shape index (κ1) is 17.7. The molecule has 25 heavy (non-hydrogen) atoms. The maximum atomic E-state index is 12.3. The molecule has 1 N–H and O–H groups in total. The van der Waals surface area contributed by atoms with Crippen LogP contribution in [-0.4, -0.2) is 65.7 Å². The zero-order valence-corrected chi connectivity index (χ0v) is 15.1. The molecule has 2 heterocycles. The summed E-state index contributed by atoms with van der Waals surface area (Å²) in [5, 5.41) is 12.0. The Balaban J connectivity index is 1.49. The molecule has 136 valence electrons. The molecule has 7 nitrogen and oxygen atoms in total. The second-order valence-corrected chi connectivity index (χ2v) is 7.69. The number of urea groups is 1. The predicted octanol–water partition coefficient (Wildman–Crippen LogP) is 1.40. The molecule has 3 aliphatic rings. The largest absolute Gasteiger partial charge is 0.336 e. The number of nitriles is 1. The Morgan fingerprint density at radius 1 is 1.32 bits per heavy atom. The molecule has 7 heteroatoms. The summed E-state index contributed by atoms with van der Waals surface area (Å²) < 4.78 is 0. The van der Waals surface area contributed by atoms with E-state index in [1.807, 2.05) is 18.7 Å². The molecule has 0 spiro atoms. The predicted molar refractivity (Wildman–Crippen MR) is 94.1 cm³/mol. The van der Waals surface area contributed by atoms with Gasteiger partial charge >= 0.3 is 6.03 Å². The van der Waals surface area contributed by atoms with Gasteiger partial charge in [0.2, 0.25) is 5.91 Å². The van der Waals surface area contributed by atoms with Crippen LogP contribution in [0, 0.1) is 23.2 Å². The normalized spacial score (nSPS) is 30.0. The first-order chi connectivity index (χ1) is 12.0. The van der Waals surface area contributed by atoms with E-state index in [4.69, 9.17) is 5.26 Å². The quantitative estimate of drug-likeness (QED) is 0.838. The van der Waals surface area contributed by atoms with E-state index in [0.717, 1.165) is 44.5 Å². The first-order valence-corrected chi connectivity index (χ1v) is 9.24. The maximum Gasteiger partial charge on any atom is 0.317 e. The van der Waals surface area contributed by atoms with Gasteiger partial charge < -0.3 is 15.1 Å². The summed E-state index contributed by atoms with van der Waals surface area (Å²) in [5.41, 5.74) is 1.10. The number of fused-ring (bicyclic) bond motifs is 1. The zero-order valence-electron chi connectivity index (χ0n) is 15.1. The molecular formula is C18H27N5O2. The molecule has 0 aromatic heterocycles. The lowest BCUT2D eigenvalue weighted by molar-refractivity contribution is -0.129. The summed E-state index contributed by atoms with van der Waals surface area (Å²) in [5.74, 6) is 0.891. The summed E-state index contributed by atoms with van der Waals surface area (Å²) in [6, 6.07) is 2.10. The van der Waals surface area contributed by atoms with Crippen LogP contribution in [0.5, 0.6) is 0 Å². The average Bonchev–Trinajstić information content (AvgIpc) is 3.25. The van der Waals surface area contributed by atoms with Crippen molar-refractivity contribution in [1.82, 2.24) is 15.1 Å². The Morgan fingerprint density at radius 2 is 2.00 bits per heavy atom. The van der Waals surface area contributed by atoms with Crippen molar-refractivity contribution in [1.29, 1.82) is 5.26 Å². The first-order valence-electron chi connectivity index (χ1n) is 9.24. The van der Waals surface area contributed by atoms with Crippen molar-refractivity contribution in [3.05, 3.63) is 0 Å². The number of carbonyl (C=O) groups is 2. The second-order valence-electron chi connectivity index (χ2n) is 7.69. The average molecular weight is 345 g/mol. The minimum atomic E-state index is -0.274. The highest BCUT2D eigenvalue weighted by Gasteiger charge is 2.41. The van der Waals surface area contributed by atoms with Crippen LogP contribution in [0.25, 0.3) is 0 Å². The zero-order chi connectivity index (χ0) is 18.0. The topological polar surface area (TPSA) is 88.8 Å². The molecule has 0 bridgehead atoms. The van der Waals surface area contributed by atoms with Crippen molar-refractivity contribution >= 4 is 17.6 Å². The highest BCUT2D eigenvalue weighted by molar-refractivity contribution is 5.90. The number of nitrogens with one attached hydrogen (secondary N) is 1. The lowest BCUT2D eigenvalue weighted by Crippen LogP contribution is -2.42. The molecular weight excluding hydrogens is 318 g/mol. The molecule has 0 aromatic carbocycles. The molecule has 2 saturated heterocycles. The van der Waals surface area contributed by atoms with Crippen molar-refractivity contribution in [3.63, 3.8) is 0 Å². The SMILES string of the molecule is CC(C)NC(=O)N1C[C@H]2CC(=NCC(=O)N3CCC[C@H]3C#N)C[C@H]2C1. The van der Waals surface area contributed by atoms with Crippen LogP contribution in [0.15, 0.2) is 4.99 Å². The van der Waals surface area contributed by atoms with Gasteiger partial charge in [-0.25, -0.2) is 4.79 Å². The van der Waals surface area contributed by atoms with Crippen LogP contribution >= 0.6 is 0 Å². The smallest absolute Gasteiger partial charge is 0.317 e. The summed E-state index contributed by atoms with van der Waals surface area (Å²) in [7, 11) is 0. The summed E-state index contributed by atoms with van der Waals surface area (Å²) >= 11 is 0. The number of hydrogen-bond acceptors (Lipinski definition) is 4. The van der Waals surface area contributed by atoms with E-state index in [9.17, 15) is 9.59 Å². The summed E-state index contributed by atoms with van der Waals surface area (Å²) in [6.45, 7) is 6.32. The number of carbonyl (C=O) groups excluding carboxylic acids is 2. The Morgan fingerprint density at radius 3 is 2.60 bits per heavy atom. The van der Waals surface area contributed by atoms with E-state index in [-0.39, 0.29) is 30.6 Å². The number of nitrogens with zero attached hydrogens (tertiary/aromatic N) is 4. The molecule has 3 rings (SSSR count). The van der Waals surface area contributed by atoms with Crippen LogP contribution in [0.4, 0.5) is 4.79 Å². The van der Waals surface area contributed by atoms with Crippen molar-refractivity contribution < 1.29 is 9.59 Å². The van der Waals surface area contributed by atoms with Crippen LogP contribution in [0.1, 0.15) is 39.5 Å². The summed E-state index contributed by atoms with van der Waals surface area (Å²) in [6.07, 6.45) is 3.44. The van der Waals surface area contributed by atoms with Gasteiger partial charge in [-0.1, -0.05) is 0 Å². The van der Waals surface area contributed by atoms with E-state index in [0.29, 0.717) is 18.4 Å². The van der Waals surface area contributed by atoms with E-state index in [1.165, 1.54) is 0 Å². The number of hydrogen-bond donors (Lipinski definition) is 1. The van der Waals surface area contributed by atoms with Crippen molar-refractivity contribution in [2.24, 2.45) is 16.8 Å². The monoisotopic (exact) mass is 345 g/mol. The van der Waals surface area contributed by atoms with Gasteiger partial charge in [0.1, 0.15) is 12.6 Å². The van der Waals surface area contributed by atoms with Gasteiger partial charge in [-0.3, -0.25) is 9.79 Å². The van der Waals surface area contributed by atoms with Crippen LogP contribution in [0.2, 0.25) is 0 Å². The maximum absolute atomic E-state index is 12.3. The van der Waals surface area contributed by atoms with E-state index < -0.39 is 0 Å². The number of amides is 3.